The van der Waals surface area contributed by atoms with Crippen molar-refractivity contribution in [3.8, 4) is 5.75 Å². The second-order valence-corrected chi connectivity index (χ2v) is 8.25. The molecule has 0 amide bonds. The Hall–Kier alpha value is -2.31. The molecule has 25 heavy (non-hydrogen) atoms. The first-order chi connectivity index (χ1) is 12.0. The number of nitrogens with zero attached hydrogens (tertiary/aromatic N) is 1. The maximum Gasteiger partial charge on any atom is 0.243 e. The van der Waals surface area contributed by atoms with Gasteiger partial charge in [0.2, 0.25) is 10.0 Å². The van der Waals surface area contributed by atoms with E-state index in [0.717, 1.165) is 33.5 Å². The van der Waals surface area contributed by atoms with Gasteiger partial charge in [-0.25, -0.2) is 8.42 Å². The molecule has 4 rings (SSSR count). The van der Waals surface area contributed by atoms with Crippen molar-refractivity contribution < 1.29 is 13.2 Å². The Morgan fingerprint density at radius 2 is 1.96 bits per heavy atom. The summed E-state index contributed by atoms with van der Waals surface area (Å²) in [5, 5.41) is 1.03. The maximum atomic E-state index is 13.1. The van der Waals surface area contributed by atoms with Crippen LogP contribution in [0.25, 0.3) is 10.9 Å². The van der Waals surface area contributed by atoms with Crippen molar-refractivity contribution in [1.82, 2.24) is 9.29 Å². The third kappa shape index (κ3) is 2.62. The summed E-state index contributed by atoms with van der Waals surface area (Å²) in [5.41, 5.74) is 3.94. The lowest BCUT2D eigenvalue weighted by atomic mass is 10.1. The molecule has 1 N–H and O–H groups in total. The first kappa shape index (κ1) is 16.2. The second-order valence-electron chi connectivity index (χ2n) is 6.35. The molecule has 0 fully saturated rings. The van der Waals surface area contributed by atoms with E-state index in [9.17, 15) is 8.42 Å². The fourth-order valence-electron chi connectivity index (χ4n) is 3.49. The molecule has 0 saturated heterocycles. The first-order valence-electron chi connectivity index (χ1n) is 8.24. The van der Waals surface area contributed by atoms with Crippen LogP contribution in [0.2, 0.25) is 0 Å². The number of hydrogen-bond donors (Lipinski definition) is 1. The van der Waals surface area contributed by atoms with Gasteiger partial charge in [0, 0.05) is 36.1 Å². The van der Waals surface area contributed by atoms with Crippen LogP contribution in [0.4, 0.5) is 0 Å². The summed E-state index contributed by atoms with van der Waals surface area (Å²) in [6.45, 7) is 2.69. The van der Waals surface area contributed by atoms with Gasteiger partial charge in [-0.05, 0) is 42.3 Å². The highest BCUT2D eigenvalue weighted by Crippen LogP contribution is 2.33. The van der Waals surface area contributed by atoms with Gasteiger partial charge in [0.1, 0.15) is 5.75 Å². The summed E-state index contributed by atoms with van der Waals surface area (Å²) in [6, 6.07) is 13.0. The van der Waals surface area contributed by atoms with Gasteiger partial charge in [0.25, 0.3) is 0 Å². The van der Waals surface area contributed by atoms with Crippen LogP contribution in [0.5, 0.6) is 5.75 Å². The third-order valence-electron chi connectivity index (χ3n) is 4.86. The van der Waals surface area contributed by atoms with Crippen molar-refractivity contribution in [2.45, 2.75) is 24.8 Å². The lowest BCUT2D eigenvalue weighted by Crippen LogP contribution is -2.36. The molecule has 2 aromatic carbocycles. The average molecular weight is 356 g/mol. The van der Waals surface area contributed by atoms with Gasteiger partial charge in [-0.3, -0.25) is 0 Å². The number of nitrogens with one attached hydrogen (secondary N) is 1. The number of fused-ring (bicyclic) bond motifs is 3. The number of benzene rings is 2. The Morgan fingerprint density at radius 3 is 2.72 bits per heavy atom. The molecule has 1 aromatic heterocycles. The molecule has 6 heteroatoms. The van der Waals surface area contributed by atoms with Crippen molar-refractivity contribution in [3.05, 3.63) is 59.3 Å². The summed E-state index contributed by atoms with van der Waals surface area (Å²) in [6.07, 6.45) is 0.678. The van der Waals surface area contributed by atoms with Crippen molar-refractivity contribution in [2.24, 2.45) is 0 Å². The zero-order chi connectivity index (χ0) is 17.6. The molecule has 0 aliphatic carbocycles. The summed E-state index contributed by atoms with van der Waals surface area (Å²) >= 11 is 0. The molecule has 1 aliphatic rings. The summed E-state index contributed by atoms with van der Waals surface area (Å²) < 4.78 is 33.1. The number of sulfonamides is 1. The number of aromatic nitrogens is 1. The second kappa shape index (κ2) is 5.89. The molecular formula is C19H20N2O3S. The van der Waals surface area contributed by atoms with Crippen molar-refractivity contribution >= 4 is 20.9 Å². The number of aryl methyl sites for hydroxylation is 1. The Labute approximate surface area is 147 Å². The number of H-pyrrole nitrogens is 1. The highest BCUT2D eigenvalue weighted by Gasteiger charge is 2.31. The van der Waals surface area contributed by atoms with Gasteiger partial charge < -0.3 is 9.72 Å². The van der Waals surface area contributed by atoms with Crippen molar-refractivity contribution in [3.63, 3.8) is 0 Å². The molecule has 2 heterocycles. The quantitative estimate of drug-likeness (QED) is 0.784. The number of ether oxygens (including phenoxy) is 1. The fraction of sp³-hybridized carbons (Fsp3) is 0.263. The van der Waals surface area contributed by atoms with Gasteiger partial charge >= 0.3 is 0 Å². The van der Waals surface area contributed by atoms with Crippen LogP contribution in [-0.2, 0) is 23.0 Å². The van der Waals surface area contributed by atoms with E-state index in [0.29, 0.717) is 24.4 Å². The van der Waals surface area contributed by atoms with E-state index in [1.807, 2.05) is 37.3 Å². The lowest BCUT2D eigenvalue weighted by Gasteiger charge is -2.27. The van der Waals surface area contributed by atoms with E-state index in [-0.39, 0.29) is 0 Å². The predicted molar refractivity (Wildman–Crippen MR) is 97.3 cm³/mol. The minimum atomic E-state index is -3.51. The SMILES string of the molecule is COc1ccc2[nH]c3c(c2c1)CN(S(=O)(=O)c1ccccc1C)CC3. The number of rotatable bonds is 3. The van der Waals surface area contributed by atoms with Crippen LogP contribution in [0.1, 0.15) is 16.8 Å². The molecule has 0 bridgehead atoms. The lowest BCUT2D eigenvalue weighted by molar-refractivity contribution is 0.391. The largest absolute Gasteiger partial charge is 0.497 e. The fourth-order valence-corrected chi connectivity index (χ4v) is 5.12. The van der Waals surface area contributed by atoms with Gasteiger partial charge in [0.05, 0.1) is 12.0 Å². The normalized spacial score (nSPS) is 15.3. The van der Waals surface area contributed by atoms with Crippen LogP contribution < -0.4 is 4.74 Å². The minimum absolute atomic E-state index is 0.374. The topological polar surface area (TPSA) is 62.4 Å². The molecule has 0 unspecified atom stereocenters. The minimum Gasteiger partial charge on any atom is -0.497 e. The van der Waals surface area contributed by atoms with E-state index in [2.05, 4.69) is 4.98 Å². The zero-order valence-electron chi connectivity index (χ0n) is 14.2. The maximum absolute atomic E-state index is 13.1. The average Bonchev–Trinajstić information content (AvgIpc) is 2.98. The monoisotopic (exact) mass is 356 g/mol. The Morgan fingerprint density at radius 1 is 1.16 bits per heavy atom. The molecule has 130 valence electrons. The molecule has 0 atom stereocenters. The van der Waals surface area contributed by atoms with Gasteiger partial charge in [-0.15, -0.1) is 0 Å². The number of aromatic amines is 1. The molecule has 5 nitrogen and oxygen atoms in total. The number of hydrogen-bond acceptors (Lipinski definition) is 3. The highest BCUT2D eigenvalue weighted by molar-refractivity contribution is 7.89. The molecule has 0 radical (unpaired) electrons. The Balaban J connectivity index is 1.76. The Kier molecular flexibility index (Phi) is 3.81. The molecule has 1 aliphatic heterocycles. The smallest absolute Gasteiger partial charge is 0.243 e. The predicted octanol–water partition coefficient (Wildman–Crippen LogP) is 3.23. The van der Waals surface area contributed by atoms with Crippen LogP contribution in [-0.4, -0.2) is 31.4 Å². The summed E-state index contributed by atoms with van der Waals surface area (Å²) in [4.78, 5) is 3.80. The standard InChI is InChI=1S/C19H20N2O3S/c1-13-5-3-4-6-19(13)25(22,23)21-10-9-18-16(12-21)15-11-14(24-2)7-8-17(15)20-18/h3-8,11,20H,9-10,12H2,1-2H3. The van der Waals surface area contributed by atoms with Crippen LogP contribution >= 0.6 is 0 Å². The first-order valence-corrected chi connectivity index (χ1v) is 9.68. The van der Waals surface area contributed by atoms with Crippen LogP contribution in [0.15, 0.2) is 47.4 Å². The van der Waals surface area contributed by atoms with Gasteiger partial charge in [-0.1, -0.05) is 18.2 Å². The third-order valence-corrected chi connectivity index (χ3v) is 6.86. The molecule has 0 spiro atoms. The Bertz CT molecular complexity index is 1050. The zero-order valence-corrected chi connectivity index (χ0v) is 15.1. The van der Waals surface area contributed by atoms with E-state index in [1.165, 1.54) is 0 Å². The van der Waals surface area contributed by atoms with Crippen molar-refractivity contribution in [2.75, 3.05) is 13.7 Å². The van der Waals surface area contributed by atoms with E-state index in [4.69, 9.17) is 4.74 Å². The molecule has 3 aromatic rings. The summed E-state index contributed by atoms with van der Waals surface area (Å²) in [7, 11) is -1.88. The van der Waals surface area contributed by atoms with Crippen LogP contribution in [0, 0.1) is 6.92 Å². The van der Waals surface area contributed by atoms with E-state index >= 15 is 0 Å². The number of methoxy groups -OCH3 is 1. The van der Waals surface area contributed by atoms with Crippen molar-refractivity contribution in [1.29, 1.82) is 0 Å². The van der Waals surface area contributed by atoms with E-state index in [1.54, 1.807) is 23.5 Å². The van der Waals surface area contributed by atoms with E-state index < -0.39 is 10.0 Å². The molecule has 0 saturated carbocycles. The summed E-state index contributed by atoms with van der Waals surface area (Å²) in [5.74, 6) is 0.771. The van der Waals surface area contributed by atoms with Gasteiger partial charge in [-0.2, -0.15) is 4.31 Å². The van der Waals surface area contributed by atoms with Gasteiger partial charge in [0.15, 0.2) is 0 Å². The highest BCUT2D eigenvalue weighted by atomic mass is 32.2. The van der Waals surface area contributed by atoms with Crippen LogP contribution in [0.3, 0.4) is 0 Å². The molecular weight excluding hydrogens is 336 g/mol.